The van der Waals surface area contributed by atoms with Gasteiger partial charge in [0.25, 0.3) is 0 Å². The molecule has 2 heterocycles. The SMILES string of the molecule is CCOC(=O)C1CN(C(=O)OC(C)(C)C)CCC1c1cc(=O)[nH]c(C)c1C. The molecule has 7 nitrogen and oxygen atoms in total. The highest BCUT2D eigenvalue weighted by molar-refractivity contribution is 5.76. The van der Waals surface area contributed by atoms with Gasteiger partial charge in [0.05, 0.1) is 12.5 Å². The number of H-pyrrole nitrogens is 1. The molecule has 0 saturated carbocycles. The minimum atomic E-state index is -0.603. The number of nitrogens with zero attached hydrogens (tertiary/aromatic N) is 1. The fourth-order valence-corrected chi connectivity index (χ4v) is 3.47. The topological polar surface area (TPSA) is 88.7 Å². The van der Waals surface area contributed by atoms with Gasteiger partial charge < -0.3 is 19.4 Å². The van der Waals surface area contributed by atoms with Gasteiger partial charge in [-0.15, -0.1) is 0 Å². The molecule has 150 valence electrons. The number of pyridine rings is 1. The van der Waals surface area contributed by atoms with Crippen molar-refractivity contribution in [3.63, 3.8) is 0 Å². The van der Waals surface area contributed by atoms with Gasteiger partial charge in [-0.25, -0.2) is 4.79 Å². The van der Waals surface area contributed by atoms with Crippen LogP contribution in [0.25, 0.3) is 0 Å². The average Bonchev–Trinajstić information content (AvgIpc) is 2.56. The molecule has 1 N–H and O–H groups in total. The molecule has 1 fully saturated rings. The van der Waals surface area contributed by atoms with E-state index < -0.39 is 17.6 Å². The average molecular weight is 378 g/mol. The molecule has 1 saturated heterocycles. The van der Waals surface area contributed by atoms with Gasteiger partial charge in [0.15, 0.2) is 0 Å². The van der Waals surface area contributed by atoms with Crippen molar-refractivity contribution in [2.24, 2.45) is 5.92 Å². The van der Waals surface area contributed by atoms with Crippen molar-refractivity contribution < 1.29 is 19.1 Å². The first-order chi connectivity index (χ1) is 12.5. The van der Waals surface area contributed by atoms with Crippen molar-refractivity contribution in [1.29, 1.82) is 0 Å². The van der Waals surface area contributed by atoms with Crippen molar-refractivity contribution in [2.75, 3.05) is 19.7 Å². The Balaban J connectivity index is 2.33. The second-order valence-corrected chi connectivity index (χ2v) is 8.02. The van der Waals surface area contributed by atoms with Gasteiger partial charge in [0.2, 0.25) is 5.56 Å². The van der Waals surface area contributed by atoms with Gasteiger partial charge in [-0.3, -0.25) is 9.59 Å². The lowest BCUT2D eigenvalue weighted by Crippen LogP contribution is -2.48. The Morgan fingerprint density at radius 1 is 1.30 bits per heavy atom. The molecular formula is C20H30N2O5. The van der Waals surface area contributed by atoms with E-state index in [1.54, 1.807) is 17.9 Å². The maximum atomic E-state index is 12.6. The molecule has 7 heteroatoms. The van der Waals surface area contributed by atoms with Gasteiger partial charge in [-0.05, 0) is 59.1 Å². The zero-order chi connectivity index (χ0) is 20.4. The van der Waals surface area contributed by atoms with Crippen molar-refractivity contribution in [3.05, 3.63) is 33.2 Å². The molecule has 0 bridgehead atoms. The number of hydrogen-bond acceptors (Lipinski definition) is 5. The van der Waals surface area contributed by atoms with Crippen molar-refractivity contribution >= 4 is 12.1 Å². The third kappa shape index (κ3) is 5.11. The number of aryl methyl sites for hydroxylation is 1. The number of aromatic nitrogens is 1. The van der Waals surface area contributed by atoms with Crippen LogP contribution < -0.4 is 5.56 Å². The lowest BCUT2D eigenvalue weighted by molar-refractivity contribution is -0.150. The maximum Gasteiger partial charge on any atom is 0.410 e. The van der Waals surface area contributed by atoms with E-state index in [9.17, 15) is 14.4 Å². The first kappa shape index (κ1) is 21.0. The fraction of sp³-hybridized carbons (Fsp3) is 0.650. The number of carbonyl (C=O) groups excluding carboxylic acids is 2. The number of piperidine rings is 1. The molecule has 0 spiro atoms. The molecule has 1 amide bonds. The summed E-state index contributed by atoms with van der Waals surface area (Å²) in [5, 5.41) is 0. The highest BCUT2D eigenvalue weighted by atomic mass is 16.6. The van der Waals surface area contributed by atoms with Crippen LogP contribution in [0.3, 0.4) is 0 Å². The molecule has 2 atom stereocenters. The number of nitrogens with one attached hydrogen (secondary N) is 1. The molecule has 1 aromatic heterocycles. The fourth-order valence-electron chi connectivity index (χ4n) is 3.47. The van der Waals surface area contributed by atoms with Crippen LogP contribution in [0.1, 0.15) is 56.9 Å². The highest BCUT2D eigenvalue weighted by Gasteiger charge is 2.39. The number of likely N-dealkylation sites (tertiary alicyclic amines) is 1. The first-order valence-electron chi connectivity index (χ1n) is 9.38. The zero-order valence-electron chi connectivity index (χ0n) is 17.0. The molecule has 2 rings (SSSR count). The molecule has 0 aliphatic carbocycles. The van der Waals surface area contributed by atoms with Crippen LogP contribution >= 0.6 is 0 Å². The molecule has 1 aliphatic rings. The van der Waals surface area contributed by atoms with Crippen LogP contribution in [0.2, 0.25) is 0 Å². The lowest BCUT2D eigenvalue weighted by atomic mass is 9.79. The molecular weight excluding hydrogens is 348 g/mol. The smallest absolute Gasteiger partial charge is 0.410 e. The number of esters is 1. The zero-order valence-corrected chi connectivity index (χ0v) is 17.0. The third-order valence-electron chi connectivity index (χ3n) is 4.85. The Labute approximate surface area is 160 Å². The predicted octanol–water partition coefficient (Wildman–Crippen LogP) is 2.90. The van der Waals surface area contributed by atoms with E-state index in [0.29, 0.717) is 13.0 Å². The summed E-state index contributed by atoms with van der Waals surface area (Å²) in [6, 6.07) is 1.56. The van der Waals surface area contributed by atoms with Crippen molar-refractivity contribution in [2.45, 2.75) is 59.5 Å². The van der Waals surface area contributed by atoms with E-state index in [0.717, 1.165) is 16.8 Å². The number of hydrogen-bond donors (Lipinski definition) is 1. The lowest BCUT2D eigenvalue weighted by Gasteiger charge is -2.38. The van der Waals surface area contributed by atoms with E-state index in [2.05, 4.69) is 4.98 Å². The summed E-state index contributed by atoms with van der Waals surface area (Å²) in [4.78, 5) is 41.4. The molecule has 27 heavy (non-hydrogen) atoms. The van der Waals surface area contributed by atoms with Gasteiger partial charge >= 0.3 is 12.1 Å². The number of carbonyl (C=O) groups is 2. The van der Waals surface area contributed by atoms with Gasteiger partial charge in [0, 0.05) is 30.8 Å². The Hall–Kier alpha value is -2.31. The Morgan fingerprint density at radius 3 is 2.56 bits per heavy atom. The summed E-state index contributed by atoms with van der Waals surface area (Å²) in [5.41, 5.74) is 1.80. The van der Waals surface area contributed by atoms with Crippen LogP contribution in [0.5, 0.6) is 0 Å². The third-order valence-corrected chi connectivity index (χ3v) is 4.85. The Kier molecular flexibility index (Phi) is 6.34. The van der Waals surface area contributed by atoms with Crippen LogP contribution in [-0.2, 0) is 14.3 Å². The first-order valence-corrected chi connectivity index (χ1v) is 9.38. The number of ether oxygens (including phenoxy) is 2. The number of rotatable bonds is 3. The maximum absolute atomic E-state index is 12.6. The molecule has 1 aromatic rings. The molecule has 0 aromatic carbocycles. The standard InChI is InChI=1S/C20H30N2O5/c1-7-26-18(24)16-11-22(19(25)27-20(4,5)6)9-8-14(16)15-10-17(23)21-13(3)12(15)2/h10,14,16H,7-9,11H2,1-6H3,(H,21,23). The second kappa shape index (κ2) is 8.15. The summed E-state index contributed by atoms with van der Waals surface area (Å²) in [6.45, 7) is 11.9. The Morgan fingerprint density at radius 2 is 1.96 bits per heavy atom. The molecule has 2 unspecified atom stereocenters. The highest BCUT2D eigenvalue weighted by Crippen LogP contribution is 2.36. The van der Waals surface area contributed by atoms with Crippen LogP contribution in [0.15, 0.2) is 10.9 Å². The second-order valence-electron chi connectivity index (χ2n) is 8.02. The van der Waals surface area contributed by atoms with Crippen LogP contribution in [-0.4, -0.2) is 47.2 Å². The van der Waals surface area contributed by atoms with Crippen LogP contribution in [0, 0.1) is 19.8 Å². The van der Waals surface area contributed by atoms with Crippen molar-refractivity contribution in [1.82, 2.24) is 9.88 Å². The summed E-state index contributed by atoms with van der Waals surface area (Å²) < 4.78 is 10.7. The van der Waals surface area contributed by atoms with E-state index in [-0.39, 0.29) is 30.6 Å². The minimum Gasteiger partial charge on any atom is -0.466 e. The summed E-state index contributed by atoms with van der Waals surface area (Å²) in [6.07, 6.45) is 0.126. The summed E-state index contributed by atoms with van der Waals surface area (Å²) >= 11 is 0. The predicted molar refractivity (Wildman–Crippen MR) is 102 cm³/mol. The minimum absolute atomic E-state index is 0.177. The molecule has 1 aliphatic heterocycles. The van der Waals surface area contributed by atoms with E-state index in [1.807, 2.05) is 34.6 Å². The largest absolute Gasteiger partial charge is 0.466 e. The summed E-state index contributed by atoms with van der Waals surface area (Å²) in [7, 11) is 0. The normalized spacial score (nSPS) is 20.3. The summed E-state index contributed by atoms with van der Waals surface area (Å²) in [5.74, 6) is -1.07. The quantitative estimate of drug-likeness (QED) is 0.817. The monoisotopic (exact) mass is 378 g/mol. The van der Waals surface area contributed by atoms with Gasteiger partial charge in [0.1, 0.15) is 5.60 Å². The van der Waals surface area contributed by atoms with Gasteiger partial charge in [-0.2, -0.15) is 0 Å². The van der Waals surface area contributed by atoms with E-state index in [4.69, 9.17) is 9.47 Å². The van der Waals surface area contributed by atoms with Gasteiger partial charge in [-0.1, -0.05) is 0 Å². The Bertz CT molecular complexity index is 763. The van der Waals surface area contributed by atoms with E-state index >= 15 is 0 Å². The molecule has 0 radical (unpaired) electrons. The number of amides is 1. The van der Waals surface area contributed by atoms with Crippen LogP contribution in [0.4, 0.5) is 4.79 Å². The van der Waals surface area contributed by atoms with Crippen molar-refractivity contribution in [3.8, 4) is 0 Å². The van der Waals surface area contributed by atoms with E-state index in [1.165, 1.54) is 0 Å². The number of aromatic amines is 1.